The number of methoxy groups -OCH3 is 1. The summed E-state index contributed by atoms with van der Waals surface area (Å²) >= 11 is 1.22. The van der Waals surface area contributed by atoms with Crippen molar-refractivity contribution in [2.45, 2.75) is 32.2 Å². The molecule has 1 unspecified atom stereocenters. The van der Waals surface area contributed by atoms with Crippen molar-refractivity contribution in [2.24, 2.45) is 0 Å². The summed E-state index contributed by atoms with van der Waals surface area (Å²) in [4.78, 5) is 28.2. The number of rotatable bonds is 5. The van der Waals surface area contributed by atoms with Crippen molar-refractivity contribution in [3.8, 4) is 16.3 Å². The number of aliphatic hydroxyl groups excluding tert-OH is 1. The summed E-state index contributed by atoms with van der Waals surface area (Å²) in [6, 6.07) is 23.1. The van der Waals surface area contributed by atoms with Gasteiger partial charge in [0.15, 0.2) is 0 Å². The second-order valence-electron chi connectivity index (χ2n) is 10.0. The lowest BCUT2D eigenvalue weighted by Crippen LogP contribution is -2.29. The number of amides is 1. The van der Waals surface area contributed by atoms with E-state index in [9.17, 15) is 14.7 Å². The maximum atomic E-state index is 13.5. The van der Waals surface area contributed by atoms with E-state index in [1.165, 1.54) is 16.2 Å². The number of hydrogen-bond acceptors (Lipinski definition) is 7. The Morgan fingerprint density at radius 3 is 2.18 bits per heavy atom. The fraction of sp³-hybridized carbons (Fsp3) is 0.200. The van der Waals surface area contributed by atoms with Crippen LogP contribution in [0.15, 0.2) is 84.4 Å². The van der Waals surface area contributed by atoms with E-state index in [-0.39, 0.29) is 21.9 Å². The molecular weight excluding hydrogens is 498 g/mol. The zero-order valence-electron chi connectivity index (χ0n) is 21.5. The number of ether oxygens (including phenoxy) is 1. The summed E-state index contributed by atoms with van der Waals surface area (Å²) in [6.07, 6.45) is 0. The van der Waals surface area contributed by atoms with Crippen LogP contribution in [0, 0.1) is 0 Å². The van der Waals surface area contributed by atoms with Gasteiger partial charge in [-0.15, -0.1) is 10.2 Å². The standard InChI is InChI=1S/C30H27N3O4S/c1-30(2,3)21-14-10-18(11-15-21)24-23(25(34)19-12-16-22(37-4)17-13-19)26(35)28(36)33(24)29-32-31-27(38-29)20-8-6-5-7-9-20/h5-17,24,34H,1-4H3/b25-23+. The predicted molar refractivity (Wildman–Crippen MR) is 148 cm³/mol. The highest BCUT2D eigenvalue weighted by molar-refractivity contribution is 7.18. The van der Waals surface area contributed by atoms with E-state index in [0.29, 0.717) is 21.9 Å². The summed E-state index contributed by atoms with van der Waals surface area (Å²) in [5, 5.41) is 20.8. The number of aromatic nitrogens is 2. The molecule has 5 rings (SSSR count). The normalized spacial score (nSPS) is 17.2. The number of carbonyl (C=O) groups excluding carboxylic acids is 2. The fourth-order valence-electron chi connectivity index (χ4n) is 4.43. The Morgan fingerprint density at radius 2 is 1.58 bits per heavy atom. The molecule has 1 aliphatic heterocycles. The molecule has 1 aromatic heterocycles. The third-order valence-corrected chi connectivity index (χ3v) is 7.51. The molecule has 1 fully saturated rings. The zero-order chi connectivity index (χ0) is 27.0. The first-order chi connectivity index (χ1) is 18.2. The third kappa shape index (κ3) is 4.59. The number of Topliss-reactive ketones (excluding diaryl/α,β-unsaturated/α-hetero) is 1. The van der Waals surface area contributed by atoms with Gasteiger partial charge in [-0.2, -0.15) is 0 Å². The van der Waals surface area contributed by atoms with E-state index in [1.54, 1.807) is 31.4 Å². The van der Waals surface area contributed by atoms with Crippen LogP contribution in [-0.2, 0) is 15.0 Å². The SMILES string of the molecule is COc1ccc(/C(O)=C2\C(=O)C(=O)N(c3nnc(-c4ccccc4)s3)C2c2ccc(C(C)(C)C)cc2)cc1. The molecule has 1 aliphatic rings. The molecule has 3 aromatic carbocycles. The minimum Gasteiger partial charge on any atom is -0.507 e. The van der Waals surface area contributed by atoms with Gasteiger partial charge in [-0.1, -0.05) is 86.7 Å². The van der Waals surface area contributed by atoms with E-state index in [0.717, 1.165) is 11.1 Å². The first-order valence-corrected chi connectivity index (χ1v) is 13.0. The molecule has 0 saturated carbocycles. The summed E-state index contributed by atoms with van der Waals surface area (Å²) in [6.45, 7) is 6.35. The number of hydrogen-bond donors (Lipinski definition) is 1. The maximum absolute atomic E-state index is 13.5. The molecule has 38 heavy (non-hydrogen) atoms. The second-order valence-corrected chi connectivity index (χ2v) is 11.0. The highest BCUT2D eigenvalue weighted by Crippen LogP contribution is 2.44. The Bertz CT molecular complexity index is 1520. The van der Waals surface area contributed by atoms with Crippen LogP contribution in [0.2, 0.25) is 0 Å². The molecule has 7 nitrogen and oxygen atoms in total. The molecule has 2 heterocycles. The average molecular weight is 526 g/mol. The lowest BCUT2D eigenvalue weighted by atomic mass is 9.85. The number of carbonyl (C=O) groups is 2. The fourth-order valence-corrected chi connectivity index (χ4v) is 5.30. The van der Waals surface area contributed by atoms with Gasteiger partial charge in [0.2, 0.25) is 5.13 Å². The lowest BCUT2D eigenvalue weighted by molar-refractivity contribution is -0.132. The van der Waals surface area contributed by atoms with E-state index in [4.69, 9.17) is 4.74 Å². The smallest absolute Gasteiger partial charge is 0.301 e. The summed E-state index contributed by atoms with van der Waals surface area (Å²) in [5.41, 5.74) is 2.98. The molecule has 0 bridgehead atoms. The number of benzene rings is 3. The Hall–Kier alpha value is -4.30. The molecule has 1 N–H and O–H groups in total. The summed E-state index contributed by atoms with van der Waals surface area (Å²) < 4.78 is 5.21. The van der Waals surface area contributed by atoms with Crippen LogP contribution in [0.25, 0.3) is 16.3 Å². The first-order valence-electron chi connectivity index (χ1n) is 12.1. The van der Waals surface area contributed by atoms with Crippen LogP contribution in [-0.4, -0.2) is 34.1 Å². The minimum absolute atomic E-state index is 0.000127. The Morgan fingerprint density at radius 1 is 0.921 bits per heavy atom. The second kappa shape index (κ2) is 9.87. The Kier molecular flexibility index (Phi) is 6.59. The summed E-state index contributed by atoms with van der Waals surface area (Å²) in [7, 11) is 1.55. The molecule has 0 spiro atoms. The maximum Gasteiger partial charge on any atom is 0.301 e. The average Bonchev–Trinajstić information content (AvgIpc) is 3.51. The monoisotopic (exact) mass is 525 g/mol. The first kappa shape index (κ1) is 25.4. The molecule has 1 atom stereocenters. The van der Waals surface area contributed by atoms with Gasteiger partial charge in [0.05, 0.1) is 18.7 Å². The van der Waals surface area contributed by atoms with Gasteiger partial charge in [-0.25, -0.2) is 0 Å². The van der Waals surface area contributed by atoms with Crippen molar-refractivity contribution in [3.05, 3.63) is 101 Å². The Balaban J connectivity index is 1.66. The van der Waals surface area contributed by atoms with Gasteiger partial charge < -0.3 is 9.84 Å². The highest BCUT2D eigenvalue weighted by atomic mass is 32.1. The molecule has 1 amide bonds. The molecule has 4 aromatic rings. The summed E-state index contributed by atoms with van der Waals surface area (Å²) in [5.74, 6) is -1.19. The molecule has 0 radical (unpaired) electrons. The van der Waals surface area contributed by atoms with E-state index in [2.05, 4.69) is 31.0 Å². The van der Waals surface area contributed by atoms with E-state index < -0.39 is 17.7 Å². The van der Waals surface area contributed by atoms with Crippen LogP contribution in [0.1, 0.15) is 43.5 Å². The van der Waals surface area contributed by atoms with Crippen molar-refractivity contribution >= 4 is 33.9 Å². The van der Waals surface area contributed by atoms with Crippen molar-refractivity contribution in [2.75, 3.05) is 12.0 Å². The van der Waals surface area contributed by atoms with Crippen molar-refractivity contribution in [3.63, 3.8) is 0 Å². The van der Waals surface area contributed by atoms with Crippen molar-refractivity contribution in [1.82, 2.24) is 10.2 Å². The molecule has 8 heteroatoms. The highest BCUT2D eigenvalue weighted by Gasteiger charge is 2.48. The van der Waals surface area contributed by atoms with Crippen LogP contribution in [0.5, 0.6) is 5.75 Å². The number of aliphatic hydroxyl groups is 1. The van der Waals surface area contributed by atoms with Gasteiger partial charge in [0.1, 0.15) is 16.5 Å². The molecule has 0 aliphatic carbocycles. The molecule has 192 valence electrons. The van der Waals surface area contributed by atoms with Crippen LogP contribution < -0.4 is 9.64 Å². The van der Waals surface area contributed by atoms with Crippen LogP contribution in [0.4, 0.5) is 5.13 Å². The molecular formula is C30H27N3O4S. The van der Waals surface area contributed by atoms with E-state index in [1.807, 2.05) is 54.6 Å². The van der Waals surface area contributed by atoms with Crippen LogP contribution in [0.3, 0.4) is 0 Å². The minimum atomic E-state index is -0.873. The van der Waals surface area contributed by atoms with Crippen LogP contribution >= 0.6 is 11.3 Å². The quantitative estimate of drug-likeness (QED) is 0.191. The predicted octanol–water partition coefficient (Wildman–Crippen LogP) is 6.14. The van der Waals surface area contributed by atoms with Gasteiger partial charge in [-0.3, -0.25) is 14.5 Å². The van der Waals surface area contributed by atoms with Crippen molar-refractivity contribution < 1.29 is 19.4 Å². The number of nitrogens with zero attached hydrogens (tertiary/aromatic N) is 3. The zero-order valence-corrected chi connectivity index (χ0v) is 22.3. The van der Waals surface area contributed by atoms with E-state index >= 15 is 0 Å². The number of ketones is 1. The largest absolute Gasteiger partial charge is 0.507 e. The molecule has 1 saturated heterocycles. The van der Waals surface area contributed by atoms with Gasteiger partial charge in [-0.05, 0) is 40.8 Å². The lowest BCUT2D eigenvalue weighted by Gasteiger charge is -2.24. The van der Waals surface area contributed by atoms with Crippen molar-refractivity contribution in [1.29, 1.82) is 0 Å². The van der Waals surface area contributed by atoms with Gasteiger partial charge >= 0.3 is 5.91 Å². The van der Waals surface area contributed by atoms with Gasteiger partial charge in [0.25, 0.3) is 5.78 Å². The van der Waals surface area contributed by atoms with Gasteiger partial charge in [0, 0.05) is 11.1 Å². The Labute approximate surface area is 225 Å². The number of anilines is 1. The topological polar surface area (TPSA) is 92.6 Å². The third-order valence-electron chi connectivity index (χ3n) is 6.54.